The Morgan fingerprint density at radius 1 is 1.61 bits per heavy atom. The fourth-order valence-corrected chi connectivity index (χ4v) is 3.15. The molecule has 1 aromatic heterocycles. The molecule has 1 saturated carbocycles. The second kappa shape index (κ2) is 5.09. The van der Waals surface area contributed by atoms with Crippen LogP contribution in [0, 0.1) is 16.0 Å². The van der Waals surface area contributed by atoms with Gasteiger partial charge in [-0.15, -0.1) is 0 Å². The van der Waals surface area contributed by atoms with E-state index in [2.05, 4.69) is 20.9 Å². The number of alkyl halides is 1. The Morgan fingerprint density at radius 2 is 2.28 bits per heavy atom. The number of nitrogens with zero attached hydrogens (tertiary/aromatic N) is 2. The third kappa shape index (κ3) is 2.72. The molecule has 0 bridgehead atoms. The number of aromatic amines is 1. The van der Waals surface area contributed by atoms with Crippen molar-refractivity contribution in [1.82, 2.24) is 9.88 Å². The van der Waals surface area contributed by atoms with E-state index in [1.54, 1.807) is 11.9 Å². The molecule has 7 heteroatoms. The number of carbonyl (C=O) groups excluding carboxylic acids is 1. The monoisotopic (exact) mass is 315 g/mol. The first-order valence-electron chi connectivity index (χ1n) is 5.70. The largest absolute Gasteiger partial charge is 0.358 e. The van der Waals surface area contributed by atoms with Gasteiger partial charge >= 0.3 is 5.82 Å². The lowest BCUT2D eigenvalue weighted by Crippen LogP contribution is -2.37. The van der Waals surface area contributed by atoms with Gasteiger partial charge in [0.2, 0.25) is 0 Å². The lowest BCUT2D eigenvalue weighted by Gasteiger charge is -2.34. The van der Waals surface area contributed by atoms with E-state index < -0.39 is 4.92 Å². The van der Waals surface area contributed by atoms with Gasteiger partial charge in [-0.1, -0.05) is 15.9 Å². The summed E-state index contributed by atoms with van der Waals surface area (Å²) in [5, 5.41) is 10.5. The van der Waals surface area contributed by atoms with E-state index in [-0.39, 0.29) is 17.4 Å². The first kappa shape index (κ1) is 13.1. The molecule has 0 spiro atoms. The molecule has 0 radical (unpaired) electrons. The number of rotatable bonds is 4. The zero-order valence-corrected chi connectivity index (χ0v) is 11.5. The van der Waals surface area contributed by atoms with Crippen LogP contribution in [0.4, 0.5) is 5.82 Å². The molecule has 0 atom stereocenters. The van der Waals surface area contributed by atoms with Crippen LogP contribution in [0.25, 0.3) is 0 Å². The lowest BCUT2D eigenvalue weighted by molar-refractivity contribution is -0.389. The Balaban J connectivity index is 1.94. The maximum atomic E-state index is 12.0. The van der Waals surface area contributed by atoms with Gasteiger partial charge in [-0.3, -0.25) is 4.79 Å². The Morgan fingerprint density at radius 3 is 2.78 bits per heavy atom. The zero-order valence-electron chi connectivity index (χ0n) is 9.93. The third-order valence-corrected chi connectivity index (χ3v) is 3.90. The third-order valence-electron chi connectivity index (χ3n) is 3.15. The van der Waals surface area contributed by atoms with Crippen LogP contribution in [0.1, 0.15) is 23.3 Å². The maximum absolute atomic E-state index is 12.0. The zero-order chi connectivity index (χ0) is 13.3. The van der Waals surface area contributed by atoms with Crippen LogP contribution in [0.5, 0.6) is 0 Å². The topological polar surface area (TPSA) is 79.2 Å². The molecule has 1 amide bonds. The average Bonchev–Trinajstić information content (AvgIpc) is 2.75. The van der Waals surface area contributed by atoms with Crippen molar-refractivity contribution >= 4 is 27.7 Å². The van der Waals surface area contributed by atoms with E-state index in [0.29, 0.717) is 17.3 Å². The summed E-state index contributed by atoms with van der Waals surface area (Å²) in [4.78, 5) is 26.7. The molecule has 98 valence electrons. The molecule has 0 unspecified atom stereocenters. The SMILES string of the molecule is CN(CC1CC(Br)C1)C(=O)c1ccc([N+](=O)[O-])[nH]1. The summed E-state index contributed by atoms with van der Waals surface area (Å²) in [6.07, 6.45) is 2.14. The summed E-state index contributed by atoms with van der Waals surface area (Å²) in [6, 6.07) is 2.75. The van der Waals surface area contributed by atoms with Crippen molar-refractivity contribution in [3.8, 4) is 0 Å². The van der Waals surface area contributed by atoms with Crippen LogP contribution in [-0.4, -0.2) is 39.1 Å². The summed E-state index contributed by atoms with van der Waals surface area (Å²) in [7, 11) is 1.72. The number of nitrogens with one attached hydrogen (secondary N) is 1. The number of nitro groups is 1. The van der Waals surface area contributed by atoms with Gasteiger partial charge in [0.05, 0.1) is 0 Å². The second-order valence-electron chi connectivity index (χ2n) is 4.63. The summed E-state index contributed by atoms with van der Waals surface area (Å²) >= 11 is 3.51. The molecule has 18 heavy (non-hydrogen) atoms. The molecule has 0 aliphatic heterocycles. The van der Waals surface area contributed by atoms with Crippen molar-refractivity contribution in [3.05, 3.63) is 27.9 Å². The Bertz CT molecular complexity index is 468. The number of halogens is 1. The molecule has 1 aromatic rings. The van der Waals surface area contributed by atoms with Crippen LogP contribution in [-0.2, 0) is 0 Å². The number of aromatic nitrogens is 1. The lowest BCUT2D eigenvalue weighted by atomic mass is 9.85. The first-order chi connectivity index (χ1) is 8.47. The van der Waals surface area contributed by atoms with Crippen molar-refractivity contribution in [2.24, 2.45) is 5.92 Å². The standard InChI is InChI=1S/C11H14BrN3O3/c1-14(6-7-4-8(12)5-7)11(16)9-2-3-10(13-9)15(17)18/h2-3,7-8,13H,4-6H2,1H3. The number of hydrogen-bond donors (Lipinski definition) is 1. The second-order valence-corrected chi connectivity index (χ2v) is 5.93. The summed E-state index contributed by atoms with van der Waals surface area (Å²) in [5.41, 5.74) is 0.263. The molecular formula is C11H14BrN3O3. The van der Waals surface area contributed by atoms with E-state index >= 15 is 0 Å². The molecule has 2 rings (SSSR count). The Labute approximate surface area is 113 Å². The Kier molecular flexibility index (Phi) is 3.70. The van der Waals surface area contributed by atoms with Gasteiger partial charge in [-0.05, 0) is 29.7 Å². The van der Waals surface area contributed by atoms with Crippen molar-refractivity contribution in [3.63, 3.8) is 0 Å². The highest BCUT2D eigenvalue weighted by Gasteiger charge is 2.29. The van der Waals surface area contributed by atoms with E-state index in [1.165, 1.54) is 12.1 Å². The van der Waals surface area contributed by atoms with Gasteiger partial charge in [0.15, 0.2) is 5.69 Å². The molecule has 1 aliphatic carbocycles. The van der Waals surface area contributed by atoms with Gasteiger partial charge in [0.25, 0.3) is 5.91 Å². The van der Waals surface area contributed by atoms with E-state index in [0.717, 1.165) is 12.8 Å². The molecule has 0 aromatic carbocycles. The minimum atomic E-state index is -0.544. The molecule has 0 saturated heterocycles. The highest BCUT2D eigenvalue weighted by Crippen LogP contribution is 2.33. The molecule has 1 aliphatic rings. The summed E-state index contributed by atoms with van der Waals surface area (Å²) in [6.45, 7) is 0.688. The van der Waals surface area contributed by atoms with Gasteiger partial charge in [0.1, 0.15) is 0 Å². The van der Waals surface area contributed by atoms with Crippen molar-refractivity contribution in [1.29, 1.82) is 0 Å². The molecule has 6 nitrogen and oxygen atoms in total. The fraction of sp³-hybridized carbons (Fsp3) is 0.545. The van der Waals surface area contributed by atoms with Crippen LogP contribution in [0.15, 0.2) is 12.1 Å². The fourth-order valence-electron chi connectivity index (χ4n) is 2.09. The van der Waals surface area contributed by atoms with Gasteiger partial charge in [0, 0.05) is 24.5 Å². The highest BCUT2D eigenvalue weighted by atomic mass is 79.9. The minimum absolute atomic E-state index is 0.157. The van der Waals surface area contributed by atoms with Crippen molar-refractivity contribution in [2.75, 3.05) is 13.6 Å². The quantitative estimate of drug-likeness (QED) is 0.525. The van der Waals surface area contributed by atoms with Gasteiger partial charge < -0.3 is 15.0 Å². The smallest absolute Gasteiger partial charge is 0.321 e. The molecule has 1 fully saturated rings. The molecule has 1 N–H and O–H groups in total. The van der Waals surface area contributed by atoms with Crippen LogP contribution in [0.2, 0.25) is 0 Å². The highest BCUT2D eigenvalue weighted by molar-refractivity contribution is 9.09. The summed E-state index contributed by atoms with van der Waals surface area (Å²) < 4.78 is 0. The molecular weight excluding hydrogens is 302 g/mol. The van der Waals surface area contributed by atoms with E-state index in [1.807, 2.05) is 0 Å². The van der Waals surface area contributed by atoms with Crippen molar-refractivity contribution < 1.29 is 9.72 Å². The normalized spacial score (nSPS) is 22.3. The molecule has 1 heterocycles. The van der Waals surface area contributed by atoms with Crippen LogP contribution in [0.3, 0.4) is 0 Å². The average molecular weight is 316 g/mol. The van der Waals surface area contributed by atoms with Crippen LogP contribution < -0.4 is 0 Å². The van der Waals surface area contributed by atoms with Crippen molar-refractivity contribution in [2.45, 2.75) is 17.7 Å². The van der Waals surface area contributed by atoms with Gasteiger partial charge in [-0.2, -0.15) is 0 Å². The number of hydrogen-bond acceptors (Lipinski definition) is 3. The summed E-state index contributed by atoms with van der Waals surface area (Å²) in [5.74, 6) is 0.158. The number of H-pyrrole nitrogens is 1. The number of carbonyl (C=O) groups is 1. The predicted molar refractivity (Wildman–Crippen MR) is 69.8 cm³/mol. The van der Waals surface area contributed by atoms with E-state index in [9.17, 15) is 14.9 Å². The predicted octanol–water partition coefficient (Wildman–Crippen LogP) is 2.17. The first-order valence-corrected chi connectivity index (χ1v) is 6.62. The minimum Gasteiger partial charge on any atom is -0.358 e. The van der Waals surface area contributed by atoms with Gasteiger partial charge in [-0.25, -0.2) is 4.98 Å². The van der Waals surface area contributed by atoms with E-state index in [4.69, 9.17) is 0 Å². The number of amides is 1. The maximum Gasteiger partial charge on any atom is 0.321 e. The van der Waals surface area contributed by atoms with Crippen LogP contribution >= 0.6 is 15.9 Å². The Hall–Kier alpha value is -1.37.